The third kappa shape index (κ3) is 4.46. The summed E-state index contributed by atoms with van der Waals surface area (Å²) >= 11 is 0. The zero-order valence-corrected chi connectivity index (χ0v) is 17.5. The van der Waals surface area contributed by atoms with Gasteiger partial charge in [-0.3, -0.25) is 9.78 Å². The second-order valence-corrected chi connectivity index (χ2v) is 7.61. The maximum atomic E-state index is 12.6. The Morgan fingerprint density at radius 3 is 2.66 bits per heavy atom. The number of ketones is 1. The SMILES string of the molecule is Cc1ccc(/C=C/C(=O)Oc2cc(O)c3c(c2)O[C@H](c2ccc(C)c(O)c2)CC3=O)nc1. The second-order valence-electron chi connectivity index (χ2n) is 7.61. The summed E-state index contributed by atoms with van der Waals surface area (Å²) in [6, 6.07) is 11.3. The van der Waals surface area contributed by atoms with E-state index in [2.05, 4.69) is 4.98 Å². The summed E-state index contributed by atoms with van der Waals surface area (Å²) in [5.74, 6) is -1.06. The molecule has 2 heterocycles. The number of pyridine rings is 1. The molecule has 0 spiro atoms. The van der Waals surface area contributed by atoms with Gasteiger partial charge in [-0.05, 0) is 48.7 Å². The molecule has 0 saturated carbocycles. The number of benzene rings is 2. The van der Waals surface area contributed by atoms with Crippen LogP contribution in [0.5, 0.6) is 23.0 Å². The number of fused-ring (bicyclic) bond motifs is 1. The summed E-state index contributed by atoms with van der Waals surface area (Å²) in [6.45, 7) is 3.68. The van der Waals surface area contributed by atoms with Crippen LogP contribution in [-0.2, 0) is 4.79 Å². The van der Waals surface area contributed by atoms with Gasteiger partial charge >= 0.3 is 5.97 Å². The Morgan fingerprint density at radius 1 is 1.12 bits per heavy atom. The van der Waals surface area contributed by atoms with Crippen LogP contribution >= 0.6 is 0 Å². The highest BCUT2D eigenvalue weighted by atomic mass is 16.5. The van der Waals surface area contributed by atoms with Crippen molar-refractivity contribution in [1.29, 1.82) is 0 Å². The number of phenols is 2. The summed E-state index contributed by atoms with van der Waals surface area (Å²) in [7, 11) is 0. The molecular weight excluding hydrogens is 410 g/mol. The van der Waals surface area contributed by atoms with Crippen LogP contribution in [0.4, 0.5) is 0 Å². The fourth-order valence-electron chi connectivity index (χ4n) is 3.37. The third-order valence-electron chi connectivity index (χ3n) is 5.12. The number of ether oxygens (including phenoxy) is 2. The molecule has 162 valence electrons. The highest BCUT2D eigenvalue weighted by Gasteiger charge is 2.31. The van der Waals surface area contributed by atoms with Crippen LogP contribution in [0.2, 0.25) is 0 Å². The molecule has 0 bridgehead atoms. The summed E-state index contributed by atoms with van der Waals surface area (Å²) in [5, 5.41) is 20.3. The Morgan fingerprint density at radius 2 is 1.94 bits per heavy atom. The Balaban J connectivity index is 1.54. The van der Waals surface area contributed by atoms with Gasteiger partial charge in [-0.15, -0.1) is 0 Å². The number of carbonyl (C=O) groups is 2. The quantitative estimate of drug-likeness (QED) is 0.357. The lowest BCUT2D eigenvalue weighted by molar-refractivity contribution is -0.128. The Bertz CT molecular complexity index is 1230. The standard InChI is InChI=1S/C25H21NO6/c1-14-3-6-17(26-13-14)7-8-24(30)31-18-10-20(28)25-21(29)12-22(32-23(25)11-18)16-5-4-15(2)19(27)9-16/h3-11,13,22,27-28H,12H2,1-2H3/b8-7+/t22-/m0/s1. The van der Waals surface area contributed by atoms with E-state index < -0.39 is 12.1 Å². The van der Waals surface area contributed by atoms with E-state index in [0.717, 1.165) is 5.56 Å². The first-order valence-corrected chi connectivity index (χ1v) is 9.99. The molecule has 7 heteroatoms. The average molecular weight is 431 g/mol. The van der Waals surface area contributed by atoms with Crippen molar-refractivity contribution in [3.63, 3.8) is 0 Å². The number of phenolic OH excluding ortho intramolecular Hbond substituents is 2. The van der Waals surface area contributed by atoms with Crippen molar-refractivity contribution >= 4 is 17.8 Å². The smallest absolute Gasteiger partial charge is 0.336 e. The van der Waals surface area contributed by atoms with E-state index >= 15 is 0 Å². The Hall–Kier alpha value is -4.13. The molecule has 1 aliphatic rings. The van der Waals surface area contributed by atoms with Crippen molar-refractivity contribution in [3.8, 4) is 23.0 Å². The van der Waals surface area contributed by atoms with E-state index in [9.17, 15) is 19.8 Å². The van der Waals surface area contributed by atoms with Gasteiger partial charge in [0.1, 0.15) is 34.7 Å². The molecular formula is C25H21NO6. The van der Waals surface area contributed by atoms with Crippen molar-refractivity contribution in [2.45, 2.75) is 26.4 Å². The monoisotopic (exact) mass is 431 g/mol. The maximum Gasteiger partial charge on any atom is 0.336 e. The summed E-state index contributed by atoms with van der Waals surface area (Å²) in [4.78, 5) is 29.0. The predicted octanol–water partition coefficient (Wildman–Crippen LogP) is 4.43. The first-order valence-electron chi connectivity index (χ1n) is 9.99. The molecule has 4 rings (SSSR count). The number of aromatic hydroxyl groups is 2. The molecule has 0 saturated heterocycles. The number of nitrogens with zero attached hydrogens (tertiary/aromatic N) is 1. The number of hydrogen-bond donors (Lipinski definition) is 2. The van der Waals surface area contributed by atoms with E-state index in [4.69, 9.17) is 9.47 Å². The minimum atomic E-state index is -0.672. The van der Waals surface area contributed by atoms with E-state index in [0.29, 0.717) is 16.8 Å². The summed E-state index contributed by atoms with van der Waals surface area (Å²) in [5.41, 5.74) is 2.97. The lowest BCUT2D eigenvalue weighted by Gasteiger charge is -2.26. The third-order valence-corrected chi connectivity index (χ3v) is 5.12. The zero-order valence-electron chi connectivity index (χ0n) is 17.5. The van der Waals surface area contributed by atoms with Crippen LogP contribution in [0.15, 0.2) is 54.7 Å². The van der Waals surface area contributed by atoms with E-state index in [1.54, 1.807) is 37.4 Å². The maximum absolute atomic E-state index is 12.6. The fourth-order valence-corrected chi connectivity index (χ4v) is 3.37. The largest absolute Gasteiger partial charge is 0.508 e. The Kier molecular flexibility index (Phi) is 5.64. The number of carbonyl (C=O) groups excluding carboxylic acids is 2. The van der Waals surface area contributed by atoms with Gasteiger partial charge in [0.05, 0.1) is 12.1 Å². The van der Waals surface area contributed by atoms with Gasteiger partial charge in [-0.25, -0.2) is 4.79 Å². The number of esters is 1. The van der Waals surface area contributed by atoms with Gasteiger partial charge < -0.3 is 19.7 Å². The van der Waals surface area contributed by atoms with Crippen molar-refractivity contribution in [2.24, 2.45) is 0 Å². The predicted molar refractivity (Wildman–Crippen MR) is 117 cm³/mol. The first-order chi connectivity index (χ1) is 15.3. The minimum Gasteiger partial charge on any atom is -0.508 e. The van der Waals surface area contributed by atoms with Gasteiger partial charge in [-0.1, -0.05) is 18.2 Å². The molecule has 0 aliphatic carbocycles. The molecule has 0 unspecified atom stereocenters. The van der Waals surface area contributed by atoms with Crippen LogP contribution in [-0.4, -0.2) is 26.9 Å². The van der Waals surface area contributed by atoms with Crippen molar-refractivity contribution in [2.75, 3.05) is 0 Å². The van der Waals surface area contributed by atoms with Crippen LogP contribution in [0.25, 0.3) is 6.08 Å². The number of hydrogen-bond acceptors (Lipinski definition) is 7. The van der Waals surface area contributed by atoms with Crippen molar-refractivity contribution in [1.82, 2.24) is 4.98 Å². The highest BCUT2D eigenvalue weighted by molar-refractivity contribution is 6.03. The van der Waals surface area contributed by atoms with Crippen LogP contribution in [0.3, 0.4) is 0 Å². The number of rotatable bonds is 4. The van der Waals surface area contributed by atoms with Crippen LogP contribution in [0.1, 0.15) is 45.3 Å². The molecule has 1 aromatic heterocycles. The van der Waals surface area contributed by atoms with Crippen molar-refractivity contribution < 1.29 is 29.3 Å². The first kappa shape index (κ1) is 21.1. The van der Waals surface area contributed by atoms with Gasteiger partial charge in [0.15, 0.2) is 5.78 Å². The summed E-state index contributed by atoms with van der Waals surface area (Å²) in [6.07, 6.45) is 3.79. The molecule has 1 atom stereocenters. The van der Waals surface area contributed by atoms with E-state index in [1.165, 1.54) is 24.3 Å². The molecule has 0 radical (unpaired) electrons. The number of aromatic nitrogens is 1. The second kappa shape index (κ2) is 8.55. The molecule has 0 amide bonds. The number of Topliss-reactive ketones (excluding diaryl/α,β-unsaturated/α-hetero) is 1. The zero-order chi connectivity index (χ0) is 22.8. The van der Waals surface area contributed by atoms with Gasteiger partial charge in [0.2, 0.25) is 0 Å². The van der Waals surface area contributed by atoms with Gasteiger partial charge in [0.25, 0.3) is 0 Å². The molecule has 7 nitrogen and oxygen atoms in total. The van der Waals surface area contributed by atoms with Crippen molar-refractivity contribution in [3.05, 3.63) is 82.7 Å². The van der Waals surface area contributed by atoms with Crippen LogP contribution < -0.4 is 9.47 Å². The fraction of sp³-hybridized carbons (Fsp3) is 0.160. The lowest BCUT2D eigenvalue weighted by atomic mass is 9.95. The molecule has 0 fully saturated rings. The van der Waals surface area contributed by atoms with Gasteiger partial charge in [0, 0.05) is 24.4 Å². The molecule has 3 aromatic rings. The molecule has 2 N–H and O–H groups in total. The topological polar surface area (TPSA) is 106 Å². The lowest BCUT2D eigenvalue weighted by Crippen LogP contribution is -2.20. The molecule has 1 aliphatic heterocycles. The number of aryl methyl sites for hydroxylation is 2. The molecule has 2 aromatic carbocycles. The van der Waals surface area contributed by atoms with E-state index in [-0.39, 0.29) is 40.8 Å². The average Bonchev–Trinajstić information content (AvgIpc) is 2.74. The Labute approximate surface area is 184 Å². The summed E-state index contributed by atoms with van der Waals surface area (Å²) < 4.78 is 11.2. The van der Waals surface area contributed by atoms with E-state index in [1.807, 2.05) is 13.0 Å². The molecule has 32 heavy (non-hydrogen) atoms. The van der Waals surface area contributed by atoms with Crippen LogP contribution in [0, 0.1) is 13.8 Å². The van der Waals surface area contributed by atoms with Gasteiger partial charge in [-0.2, -0.15) is 0 Å². The normalized spacial score (nSPS) is 15.3. The highest BCUT2D eigenvalue weighted by Crippen LogP contribution is 2.42. The minimum absolute atomic E-state index is 0.00842.